The molecule has 0 bridgehead atoms. The maximum absolute atomic E-state index is 12.4. The van der Waals surface area contributed by atoms with Gasteiger partial charge in [-0.3, -0.25) is 14.7 Å². The Morgan fingerprint density at radius 1 is 1.26 bits per heavy atom. The molecule has 1 aromatic carbocycles. The van der Waals surface area contributed by atoms with Crippen LogP contribution in [0.25, 0.3) is 0 Å². The Morgan fingerprint density at radius 3 is 2.81 bits per heavy atom. The second kappa shape index (κ2) is 10.0. The molecule has 1 saturated heterocycles. The number of benzene rings is 1. The van der Waals surface area contributed by atoms with Gasteiger partial charge in [-0.05, 0) is 29.7 Å². The lowest BCUT2D eigenvalue weighted by Crippen LogP contribution is -2.43. The molecule has 6 nitrogen and oxygen atoms in total. The molecule has 6 heteroatoms. The smallest absolute Gasteiger partial charge is 0.220 e. The van der Waals surface area contributed by atoms with Crippen molar-refractivity contribution in [2.45, 2.75) is 18.9 Å². The number of carbonyl (C=O) groups is 1. The number of carbonyl (C=O) groups excluding carboxylic acids is 1. The van der Waals surface area contributed by atoms with Gasteiger partial charge in [0.25, 0.3) is 0 Å². The van der Waals surface area contributed by atoms with E-state index in [4.69, 9.17) is 9.47 Å². The van der Waals surface area contributed by atoms with Crippen LogP contribution < -0.4 is 10.1 Å². The van der Waals surface area contributed by atoms with Crippen LogP contribution in [0.1, 0.15) is 23.6 Å². The number of hydrogen-bond donors (Lipinski definition) is 1. The molecule has 2 heterocycles. The first-order valence-electron chi connectivity index (χ1n) is 9.38. The van der Waals surface area contributed by atoms with Crippen LogP contribution in [-0.4, -0.2) is 55.7 Å². The molecule has 1 amide bonds. The average molecular weight is 369 g/mol. The van der Waals surface area contributed by atoms with E-state index >= 15 is 0 Å². The van der Waals surface area contributed by atoms with Crippen LogP contribution in [0.15, 0.2) is 48.8 Å². The number of hydrogen-bond acceptors (Lipinski definition) is 5. The zero-order chi connectivity index (χ0) is 18.9. The Kier molecular flexibility index (Phi) is 7.19. The van der Waals surface area contributed by atoms with E-state index in [1.54, 1.807) is 13.3 Å². The van der Waals surface area contributed by atoms with Gasteiger partial charge in [0.15, 0.2) is 0 Å². The SMILES string of the molecule is COc1ccccc1CCC(=O)NC[C@H](c1cccnc1)N1CCOCC1. The van der Waals surface area contributed by atoms with Gasteiger partial charge in [-0.15, -0.1) is 0 Å². The summed E-state index contributed by atoms with van der Waals surface area (Å²) in [4.78, 5) is 19.0. The maximum Gasteiger partial charge on any atom is 0.220 e. The van der Waals surface area contributed by atoms with Crippen molar-refractivity contribution >= 4 is 5.91 Å². The summed E-state index contributed by atoms with van der Waals surface area (Å²) in [5, 5.41) is 3.10. The van der Waals surface area contributed by atoms with Crippen molar-refractivity contribution < 1.29 is 14.3 Å². The van der Waals surface area contributed by atoms with Gasteiger partial charge in [0.2, 0.25) is 5.91 Å². The molecule has 0 unspecified atom stereocenters. The van der Waals surface area contributed by atoms with E-state index in [0.717, 1.165) is 43.2 Å². The summed E-state index contributed by atoms with van der Waals surface area (Å²) in [7, 11) is 1.65. The number of methoxy groups -OCH3 is 1. The highest BCUT2D eigenvalue weighted by atomic mass is 16.5. The zero-order valence-electron chi connectivity index (χ0n) is 15.8. The second-order valence-corrected chi connectivity index (χ2v) is 6.57. The molecule has 0 aliphatic carbocycles. The first kappa shape index (κ1) is 19.3. The number of para-hydroxylation sites is 1. The summed E-state index contributed by atoms with van der Waals surface area (Å²) >= 11 is 0. The third-order valence-corrected chi connectivity index (χ3v) is 4.86. The van der Waals surface area contributed by atoms with Gasteiger partial charge in [0, 0.05) is 38.4 Å². The summed E-state index contributed by atoms with van der Waals surface area (Å²) in [5.41, 5.74) is 2.16. The Balaban J connectivity index is 1.57. The fraction of sp³-hybridized carbons (Fsp3) is 0.429. The molecule has 1 aliphatic rings. The van der Waals surface area contributed by atoms with Gasteiger partial charge in [-0.1, -0.05) is 24.3 Å². The van der Waals surface area contributed by atoms with Gasteiger partial charge >= 0.3 is 0 Å². The fourth-order valence-corrected chi connectivity index (χ4v) is 3.38. The maximum atomic E-state index is 12.4. The number of aryl methyl sites for hydroxylation is 1. The first-order chi connectivity index (χ1) is 13.3. The number of pyridine rings is 1. The van der Waals surface area contributed by atoms with Crippen LogP contribution in [0.3, 0.4) is 0 Å². The second-order valence-electron chi connectivity index (χ2n) is 6.57. The predicted octanol–water partition coefficient (Wildman–Crippen LogP) is 2.21. The predicted molar refractivity (Wildman–Crippen MR) is 104 cm³/mol. The summed E-state index contributed by atoms with van der Waals surface area (Å²) in [6.45, 7) is 3.72. The minimum atomic E-state index is 0.0445. The van der Waals surface area contributed by atoms with Crippen LogP contribution in [0, 0.1) is 0 Å². The number of amides is 1. The van der Waals surface area contributed by atoms with Crippen molar-refractivity contribution in [1.29, 1.82) is 0 Å². The van der Waals surface area contributed by atoms with Crippen LogP contribution >= 0.6 is 0 Å². The van der Waals surface area contributed by atoms with Gasteiger partial charge in [0.1, 0.15) is 5.75 Å². The number of rotatable bonds is 8. The van der Waals surface area contributed by atoms with Gasteiger partial charge in [-0.25, -0.2) is 0 Å². The van der Waals surface area contributed by atoms with Crippen molar-refractivity contribution in [3.63, 3.8) is 0 Å². The average Bonchev–Trinajstić information content (AvgIpc) is 2.74. The van der Waals surface area contributed by atoms with Crippen molar-refractivity contribution in [2.75, 3.05) is 40.0 Å². The molecule has 1 atom stereocenters. The highest BCUT2D eigenvalue weighted by molar-refractivity contribution is 5.76. The van der Waals surface area contributed by atoms with Gasteiger partial charge in [-0.2, -0.15) is 0 Å². The molecule has 27 heavy (non-hydrogen) atoms. The third-order valence-electron chi connectivity index (χ3n) is 4.86. The molecule has 0 spiro atoms. The minimum Gasteiger partial charge on any atom is -0.496 e. The molecule has 1 aromatic heterocycles. The van der Waals surface area contributed by atoms with Crippen LogP contribution in [0.4, 0.5) is 0 Å². The van der Waals surface area contributed by atoms with E-state index in [1.807, 2.05) is 36.5 Å². The number of morpholine rings is 1. The van der Waals surface area contributed by atoms with Crippen molar-refractivity contribution in [1.82, 2.24) is 15.2 Å². The largest absolute Gasteiger partial charge is 0.496 e. The molecule has 3 rings (SSSR count). The monoisotopic (exact) mass is 369 g/mol. The number of nitrogens with zero attached hydrogens (tertiary/aromatic N) is 2. The van der Waals surface area contributed by atoms with Gasteiger partial charge < -0.3 is 14.8 Å². The fourth-order valence-electron chi connectivity index (χ4n) is 3.38. The third kappa shape index (κ3) is 5.52. The lowest BCUT2D eigenvalue weighted by Gasteiger charge is -2.34. The topological polar surface area (TPSA) is 63.7 Å². The Bertz CT molecular complexity index is 718. The summed E-state index contributed by atoms with van der Waals surface area (Å²) in [5.74, 6) is 0.870. The number of nitrogens with one attached hydrogen (secondary N) is 1. The molecule has 1 fully saturated rings. The minimum absolute atomic E-state index is 0.0445. The van der Waals surface area contributed by atoms with E-state index in [0.29, 0.717) is 19.4 Å². The van der Waals surface area contributed by atoms with Crippen molar-refractivity contribution in [3.8, 4) is 5.75 Å². The van der Waals surface area contributed by atoms with E-state index in [9.17, 15) is 4.79 Å². The molecular weight excluding hydrogens is 342 g/mol. The first-order valence-corrected chi connectivity index (χ1v) is 9.38. The van der Waals surface area contributed by atoms with Gasteiger partial charge in [0.05, 0.1) is 26.4 Å². The lowest BCUT2D eigenvalue weighted by molar-refractivity contribution is -0.121. The van der Waals surface area contributed by atoms with Crippen LogP contribution in [0.2, 0.25) is 0 Å². The van der Waals surface area contributed by atoms with Crippen LogP contribution in [-0.2, 0) is 16.0 Å². The summed E-state index contributed by atoms with van der Waals surface area (Å²) in [6.07, 6.45) is 4.74. The Morgan fingerprint density at radius 2 is 2.07 bits per heavy atom. The Labute approximate surface area is 160 Å². The number of aromatic nitrogens is 1. The highest BCUT2D eigenvalue weighted by Gasteiger charge is 2.23. The van der Waals surface area contributed by atoms with Crippen molar-refractivity contribution in [2.24, 2.45) is 0 Å². The summed E-state index contributed by atoms with van der Waals surface area (Å²) in [6, 6.07) is 11.9. The normalized spacial score (nSPS) is 15.9. The lowest BCUT2D eigenvalue weighted by atomic mass is 10.1. The number of ether oxygens (including phenoxy) is 2. The zero-order valence-corrected chi connectivity index (χ0v) is 15.8. The van der Waals surface area contributed by atoms with Crippen molar-refractivity contribution in [3.05, 3.63) is 59.9 Å². The van der Waals surface area contributed by atoms with Crippen LogP contribution in [0.5, 0.6) is 5.75 Å². The molecule has 144 valence electrons. The van der Waals surface area contributed by atoms with E-state index < -0.39 is 0 Å². The van der Waals surface area contributed by atoms with E-state index in [-0.39, 0.29) is 11.9 Å². The summed E-state index contributed by atoms with van der Waals surface area (Å²) < 4.78 is 10.8. The quantitative estimate of drug-likeness (QED) is 0.773. The van der Waals surface area contributed by atoms with E-state index in [1.165, 1.54) is 0 Å². The standard InChI is InChI=1S/C21H27N3O3/c1-26-20-7-3-2-5-17(20)8-9-21(25)23-16-19(18-6-4-10-22-15-18)24-11-13-27-14-12-24/h2-7,10,15,19H,8-9,11-14,16H2,1H3,(H,23,25)/t19-/m1/s1. The highest BCUT2D eigenvalue weighted by Crippen LogP contribution is 2.21. The molecule has 1 N–H and O–H groups in total. The van der Waals surface area contributed by atoms with E-state index in [2.05, 4.69) is 21.3 Å². The molecular formula is C21H27N3O3. The molecule has 2 aromatic rings. The molecule has 0 radical (unpaired) electrons. The molecule has 0 saturated carbocycles. The molecule has 1 aliphatic heterocycles. The Hall–Kier alpha value is -2.44.